The lowest BCUT2D eigenvalue weighted by Crippen LogP contribution is -2.55. The molecule has 0 unspecified atom stereocenters. The molecule has 0 spiro atoms. The van der Waals surface area contributed by atoms with Gasteiger partial charge in [0.15, 0.2) is 0 Å². The lowest BCUT2D eigenvalue weighted by atomic mass is 10.1. The van der Waals surface area contributed by atoms with Gasteiger partial charge in [-0.3, -0.25) is 13.9 Å². The van der Waals surface area contributed by atoms with Crippen molar-refractivity contribution in [2.45, 2.75) is 64.1 Å². The molecule has 3 rings (SSSR count). The molecule has 0 aliphatic heterocycles. The van der Waals surface area contributed by atoms with E-state index >= 15 is 0 Å². The largest absolute Gasteiger partial charge is 0.497 e. The first-order chi connectivity index (χ1) is 19.2. The number of anilines is 1. The van der Waals surface area contributed by atoms with E-state index in [0.717, 1.165) is 34.1 Å². The summed E-state index contributed by atoms with van der Waals surface area (Å²) >= 11 is 0. The molecule has 0 aliphatic carbocycles. The highest BCUT2D eigenvalue weighted by Gasteiger charge is 2.34. The van der Waals surface area contributed by atoms with Gasteiger partial charge >= 0.3 is 0 Å². The van der Waals surface area contributed by atoms with Crippen LogP contribution < -0.4 is 14.4 Å². The number of benzene rings is 3. The lowest BCUT2D eigenvalue weighted by molar-refractivity contribution is -0.141. The Morgan fingerprint density at radius 2 is 1.63 bits per heavy atom. The van der Waals surface area contributed by atoms with Gasteiger partial charge < -0.3 is 15.0 Å². The summed E-state index contributed by atoms with van der Waals surface area (Å²) in [5, 5.41) is 2.94. The van der Waals surface area contributed by atoms with Gasteiger partial charge in [-0.05, 0) is 88.2 Å². The van der Waals surface area contributed by atoms with Crippen molar-refractivity contribution in [2.75, 3.05) is 18.0 Å². The standard InChI is InChI=1S/C31H38FN3O5S/c1-7-28(30(37)33-31(3,4)5)34(20-23-9-8-10-26(19-23)40-6)29(36)21-35(25-15-11-22(2)12-16-25)41(38,39)27-17-13-24(32)14-18-27/h8-19,28H,7,20-21H2,1-6H3,(H,33,37)/t28-/m0/s1. The van der Waals surface area contributed by atoms with Crippen molar-refractivity contribution in [3.63, 3.8) is 0 Å². The molecule has 0 radical (unpaired) electrons. The first-order valence-electron chi connectivity index (χ1n) is 13.3. The number of carbonyl (C=O) groups is 2. The maximum absolute atomic E-state index is 14.1. The third-order valence-corrected chi connectivity index (χ3v) is 8.16. The number of ether oxygens (including phenoxy) is 1. The molecule has 10 heteroatoms. The fourth-order valence-electron chi connectivity index (χ4n) is 4.31. The Morgan fingerprint density at radius 1 is 1.00 bits per heavy atom. The molecule has 0 heterocycles. The number of aryl methyl sites for hydroxylation is 1. The van der Waals surface area contributed by atoms with Crippen LogP contribution in [0.5, 0.6) is 5.75 Å². The number of halogens is 1. The highest BCUT2D eigenvalue weighted by molar-refractivity contribution is 7.92. The first kappa shape index (κ1) is 31.6. The van der Waals surface area contributed by atoms with Gasteiger partial charge in [-0.15, -0.1) is 0 Å². The lowest BCUT2D eigenvalue weighted by Gasteiger charge is -2.34. The molecule has 1 N–H and O–H groups in total. The van der Waals surface area contributed by atoms with Gasteiger partial charge in [0.05, 0.1) is 17.7 Å². The van der Waals surface area contributed by atoms with Gasteiger partial charge in [0.2, 0.25) is 11.8 Å². The molecule has 2 amide bonds. The van der Waals surface area contributed by atoms with Gasteiger partial charge in [-0.1, -0.05) is 36.8 Å². The fraction of sp³-hybridized carbons (Fsp3) is 0.355. The Morgan fingerprint density at radius 3 is 2.20 bits per heavy atom. The number of rotatable bonds is 11. The number of sulfonamides is 1. The molecule has 3 aromatic rings. The summed E-state index contributed by atoms with van der Waals surface area (Å²) in [5.41, 5.74) is 1.34. The molecule has 0 aromatic heterocycles. The summed E-state index contributed by atoms with van der Waals surface area (Å²) in [5.74, 6) is -0.918. The monoisotopic (exact) mass is 583 g/mol. The quantitative estimate of drug-likeness (QED) is 0.341. The minimum atomic E-state index is -4.28. The summed E-state index contributed by atoms with van der Waals surface area (Å²) in [6.07, 6.45) is 0.298. The molecule has 0 saturated heterocycles. The summed E-state index contributed by atoms with van der Waals surface area (Å²) in [4.78, 5) is 28.7. The Balaban J connectivity index is 2.07. The molecular weight excluding hydrogens is 545 g/mol. The van der Waals surface area contributed by atoms with Crippen molar-refractivity contribution in [1.82, 2.24) is 10.2 Å². The van der Waals surface area contributed by atoms with E-state index in [1.54, 1.807) is 49.4 Å². The minimum Gasteiger partial charge on any atom is -0.497 e. The normalized spacial score (nSPS) is 12.4. The Hall–Kier alpha value is -3.92. The van der Waals surface area contributed by atoms with E-state index in [-0.39, 0.29) is 23.0 Å². The predicted molar refractivity (Wildman–Crippen MR) is 158 cm³/mol. The summed E-state index contributed by atoms with van der Waals surface area (Å²) < 4.78 is 47.6. The summed E-state index contributed by atoms with van der Waals surface area (Å²) in [6.45, 7) is 8.67. The summed E-state index contributed by atoms with van der Waals surface area (Å²) in [7, 11) is -2.74. The van der Waals surface area contributed by atoms with Gasteiger partial charge in [0.1, 0.15) is 24.2 Å². The fourth-order valence-corrected chi connectivity index (χ4v) is 5.73. The van der Waals surface area contributed by atoms with Crippen LogP contribution in [0.1, 0.15) is 45.2 Å². The van der Waals surface area contributed by atoms with Crippen LogP contribution in [-0.2, 0) is 26.2 Å². The third-order valence-electron chi connectivity index (χ3n) is 6.37. The SMILES string of the molecule is CC[C@@H](C(=O)NC(C)(C)C)N(Cc1cccc(OC)c1)C(=O)CN(c1ccc(C)cc1)S(=O)(=O)c1ccc(F)cc1. The van der Waals surface area contributed by atoms with Gasteiger partial charge in [-0.25, -0.2) is 12.8 Å². The van der Waals surface area contributed by atoms with Crippen molar-refractivity contribution in [3.8, 4) is 5.75 Å². The van der Waals surface area contributed by atoms with Crippen LogP contribution in [0.3, 0.4) is 0 Å². The van der Waals surface area contributed by atoms with E-state index < -0.39 is 39.9 Å². The van der Waals surface area contributed by atoms with Crippen LogP contribution in [0.4, 0.5) is 10.1 Å². The van der Waals surface area contributed by atoms with E-state index in [2.05, 4.69) is 5.32 Å². The highest BCUT2D eigenvalue weighted by Crippen LogP contribution is 2.26. The molecule has 0 aliphatic rings. The van der Waals surface area contributed by atoms with Crippen LogP contribution >= 0.6 is 0 Å². The van der Waals surface area contributed by atoms with E-state index in [1.165, 1.54) is 12.0 Å². The molecule has 0 bridgehead atoms. The molecular formula is C31H38FN3O5S. The number of methoxy groups -OCH3 is 1. The number of nitrogens with zero attached hydrogens (tertiary/aromatic N) is 2. The third kappa shape index (κ3) is 8.29. The van der Waals surface area contributed by atoms with Crippen molar-refractivity contribution in [3.05, 3.63) is 89.7 Å². The first-order valence-corrected chi connectivity index (χ1v) is 14.8. The van der Waals surface area contributed by atoms with E-state index in [0.29, 0.717) is 17.7 Å². The molecule has 41 heavy (non-hydrogen) atoms. The minimum absolute atomic E-state index is 0.0461. The Kier molecular flexibility index (Phi) is 10.1. The van der Waals surface area contributed by atoms with Gasteiger partial charge in [-0.2, -0.15) is 0 Å². The average molecular weight is 584 g/mol. The van der Waals surface area contributed by atoms with Crippen LogP contribution in [0, 0.1) is 12.7 Å². The predicted octanol–water partition coefficient (Wildman–Crippen LogP) is 5.06. The molecule has 220 valence electrons. The van der Waals surface area contributed by atoms with Crippen molar-refractivity contribution < 1.29 is 27.1 Å². The Bertz CT molecular complexity index is 1450. The molecule has 1 atom stereocenters. The van der Waals surface area contributed by atoms with Gasteiger partial charge in [0.25, 0.3) is 10.0 Å². The zero-order chi connectivity index (χ0) is 30.4. The van der Waals surface area contributed by atoms with Crippen LogP contribution in [-0.4, -0.2) is 50.4 Å². The van der Waals surface area contributed by atoms with Crippen molar-refractivity contribution >= 4 is 27.5 Å². The summed E-state index contributed by atoms with van der Waals surface area (Å²) in [6, 6.07) is 17.4. The maximum Gasteiger partial charge on any atom is 0.264 e. The molecule has 3 aromatic carbocycles. The number of carbonyl (C=O) groups excluding carboxylic acids is 2. The Labute approximate surface area is 242 Å². The zero-order valence-corrected chi connectivity index (χ0v) is 25.2. The van der Waals surface area contributed by atoms with Gasteiger partial charge in [0, 0.05) is 12.1 Å². The van der Waals surface area contributed by atoms with Crippen molar-refractivity contribution in [2.24, 2.45) is 0 Å². The molecule has 0 fully saturated rings. The second-order valence-corrected chi connectivity index (χ2v) is 12.7. The second-order valence-electron chi connectivity index (χ2n) is 10.8. The average Bonchev–Trinajstić information content (AvgIpc) is 2.91. The smallest absolute Gasteiger partial charge is 0.264 e. The van der Waals surface area contributed by atoms with E-state index in [1.807, 2.05) is 33.8 Å². The maximum atomic E-state index is 14.1. The second kappa shape index (κ2) is 13.2. The van der Waals surface area contributed by atoms with Crippen LogP contribution in [0.2, 0.25) is 0 Å². The zero-order valence-electron chi connectivity index (χ0n) is 24.3. The number of amides is 2. The number of hydrogen-bond donors (Lipinski definition) is 1. The van der Waals surface area contributed by atoms with Crippen LogP contribution in [0.15, 0.2) is 77.7 Å². The molecule has 8 nitrogen and oxygen atoms in total. The van der Waals surface area contributed by atoms with E-state index in [9.17, 15) is 22.4 Å². The highest BCUT2D eigenvalue weighted by atomic mass is 32.2. The van der Waals surface area contributed by atoms with E-state index in [4.69, 9.17) is 4.74 Å². The van der Waals surface area contributed by atoms with Crippen LogP contribution in [0.25, 0.3) is 0 Å². The number of nitrogens with one attached hydrogen (secondary N) is 1. The molecule has 0 saturated carbocycles. The number of hydrogen-bond acceptors (Lipinski definition) is 5. The van der Waals surface area contributed by atoms with Crippen molar-refractivity contribution in [1.29, 1.82) is 0 Å². The topological polar surface area (TPSA) is 96.0 Å².